The third-order valence-electron chi connectivity index (χ3n) is 4.79. The Hall–Kier alpha value is -4.15. The maximum absolute atomic E-state index is 12.3. The van der Waals surface area contributed by atoms with Gasteiger partial charge in [0.1, 0.15) is 6.04 Å². The van der Waals surface area contributed by atoms with Crippen LogP contribution in [0.2, 0.25) is 0 Å². The maximum atomic E-state index is 12.3. The average molecular weight is 491 g/mol. The van der Waals surface area contributed by atoms with Crippen molar-refractivity contribution in [1.29, 1.82) is 0 Å². The van der Waals surface area contributed by atoms with Crippen molar-refractivity contribution in [3.05, 3.63) is 65.2 Å². The van der Waals surface area contributed by atoms with Gasteiger partial charge in [0.05, 0.1) is 12.6 Å². The fourth-order valence-electron chi connectivity index (χ4n) is 2.93. The number of amides is 3. The Labute approximate surface area is 210 Å². The summed E-state index contributed by atoms with van der Waals surface area (Å²) < 4.78 is 0. The molecule has 0 aliphatic heterocycles. The van der Waals surface area contributed by atoms with E-state index >= 15 is 0 Å². The zero-order valence-corrected chi connectivity index (χ0v) is 20.4. The molecule has 0 bridgehead atoms. The van der Waals surface area contributed by atoms with Gasteiger partial charge in [0, 0.05) is 22.4 Å². The molecule has 188 valence electrons. The molecule has 6 N–H and O–H groups in total. The van der Waals surface area contributed by atoms with Crippen LogP contribution in [-0.2, 0) is 9.59 Å². The average Bonchev–Trinajstić information content (AvgIpc) is 2.85. The molecule has 3 amide bonds. The number of rotatable bonds is 9. The van der Waals surface area contributed by atoms with Gasteiger partial charge in [-0.3, -0.25) is 19.6 Å². The molecule has 0 spiro atoms. The standard InChI is InChI=1S/C27H30N4O5/c1-18(2)16-28-17-24(33)29-23-14-10-21(11-15-23)7-5-4-6-20-8-12-22(13-9-20)26(34)30-25(19(3)32)27(35)31-36/h8-15,18-19,25,28,32,36H,16-17H2,1-3H3,(H,29,33)(H,30,34)(H,31,35)/t19-,25+/m1/s1. The molecule has 0 aliphatic carbocycles. The first-order valence-corrected chi connectivity index (χ1v) is 11.3. The van der Waals surface area contributed by atoms with E-state index in [1.165, 1.54) is 24.5 Å². The van der Waals surface area contributed by atoms with Crippen LogP contribution in [0.5, 0.6) is 0 Å². The number of anilines is 1. The second kappa shape index (κ2) is 14.3. The summed E-state index contributed by atoms with van der Waals surface area (Å²) in [4.78, 5) is 35.8. The third-order valence-corrected chi connectivity index (χ3v) is 4.79. The number of carbonyl (C=O) groups is 3. The summed E-state index contributed by atoms with van der Waals surface area (Å²) in [6.45, 7) is 6.50. The largest absolute Gasteiger partial charge is 0.391 e. The van der Waals surface area contributed by atoms with Crippen LogP contribution in [-0.4, -0.2) is 53.3 Å². The Morgan fingerprint density at radius 2 is 1.44 bits per heavy atom. The van der Waals surface area contributed by atoms with Crippen molar-refractivity contribution in [2.45, 2.75) is 32.9 Å². The Kier molecular flexibility index (Phi) is 11.2. The summed E-state index contributed by atoms with van der Waals surface area (Å²) >= 11 is 0. The lowest BCUT2D eigenvalue weighted by Crippen LogP contribution is -2.51. The van der Waals surface area contributed by atoms with Crippen molar-refractivity contribution < 1.29 is 24.7 Å². The number of hydrogen-bond acceptors (Lipinski definition) is 6. The van der Waals surface area contributed by atoms with Gasteiger partial charge in [-0.2, -0.15) is 0 Å². The Morgan fingerprint density at radius 3 is 1.94 bits per heavy atom. The van der Waals surface area contributed by atoms with Gasteiger partial charge in [0.2, 0.25) is 5.91 Å². The molecule has 9 heteroatoms. The van der Waals surface area contributed by atoms with Crippen LogP contribution in [0.15, 0.2) is 48.5 Å². The first-order chi connectivity index (χ1) is 17.2. The van der Waals surface area contributed by atoms with Crippen LogP contribution in [0, 0.1) is 29.6 Å². The van der Waals surface area contributed by atoms with Crippen LogP contribution in [0.3, 0.4) is 0 Å². The first kappa shape index (κ1) is 28.1. The Bertz CT molecular complexity index is 1170. The van der Waals surface area contributed by atoms with E-state index in [-0.39, 0.29) is 18.0 Å². The molecule has 0 saturated carbocycles. The van der Waals surface area contributed by atoms with Gasteiger partial charge in [-0.05, 0) is 79.8 Å². The lowest BCUT2D eigenvalue weighted by atomic mass is 10.1. The second-order valence-electron chi connectivity index (χ2n) is 8.40. The predicted molar refractivity (Wildman–Crippen MR) is 136 cm³/mol. The fraction of sp³-hybridized carbons (Fsp3) is 0.296. The van der Waals surface area contributed by atoms with E-state index in [1.807, 2.05) is 0 Å². The van der Waals surface area contributed by atoms with E-state index in [0.717, 1.165) is 12.1 Å². The third kappa shape index (κ3) is 9.61. The lowest BCUT2D eigenvalue weighted by molar-refractivity contribution is -0.133. The van der Waals surface area contributed by atoms with Crippen LogP contribution < -0.4 is 21.4 Å². The molecule has 0 saturated heterocycles. The maximum Gasteiger partial charge on any atom is 0.268 e. The zero-order chi connectivity index (χ0) is 26.5. The number of nitrogens with one attached hydrogen (secondary N) is 4. The molecular formula is C27H30N4O5. The summed E-state index contributed by atoms with van der Waals surface area (Å²) in [5.74, 6) is 10.2. The summed E-state index contributed by atoms with van der Waals surface area (Å²) in [5, 5.41) is 26.6. The molecule has 2 atom stereocenters. The molecule has 0 aliphatic rings. The minimum absolute atomic E-state index is 0.109. The molecule has 0 heterocycles. The van der Waals surface area contributed by atoms with Crippen LogP contribution in [0.1, 0.15) is 42.3 Å². The molecule has 0 radical (unpaired) electrons. The lowest BCUT2D eigenvalue weighted by Gasteiger charge is -2.19. The minimum Gasteiger partial charge on any atom is -0.391 e. The summed E-state index contributed by atoms with van der Waals surface area (Å²) in [7, 11) is 0. The zero-order valence-electron chi connectivity index (χ0n) is 20.4. The molecule has 9 nitrogen and oxygen atoms in total. The Balaban J connectivity index is 1.91. The highest BCUT2D eigenvalue weighted by atomic mass is 16.5. The number of hydroxylamine groups is 1. The van der Waals surface area contributed by atoms with Crippen molar-refractivity contribution >= 4 is 23.4 Å². The van der Waals surface area contributed by atoms with Crippen LogP contribution >= 0.6 is 0 Å². The van der Waals surface area contributed by atoms with Crippen molar-refractivity contribution in [3.8, 4) is 23.7 Å². The molecule has 36 heavy (non-hydrogen) atoms. The minimum atomic E-state index is -1.30. The van der Waals surface area contributed by atoms with E-state index in [4.69, 9.17) is 5.21 Å². The van der Waals surface area contributed by atoms with Gasteiger partial charge in [-0.25, -0.2) is 5.48 Å². The number of benzene rings is 2. The molecule has 0 aromatic heterocycles. The topological polar surface area (TPSA) is 140 Å². The highest BCUT2D eigenvalue weighted by molar-refractivity contribution is 5.97. The smallest absolute Gasteiger partial charge is 0.268 e. The van der Waals surface area contributed by atoms with E-state index < -0.39 is 24.0 Å². The van der Waals surface area contributed by atoms with Gasteiger partial charge in [-0.1, -0.05) is 25.7 Å². The predicted octanol–water partition coefficient (Wildman–Crippen LogP) is 1.26. The number of aliphatic hydroxyl groups is 1. The molecule has 2 rings (SSSR count). The van der Waals surface area contributed by atoms with Gasteiger partial charge in [0.15, 0.2) is 0 Å². The molecular weight excluding hydrogens is 460 g/mol. The highest BCUT2D eigenvalue weighted by Gasteiger charge is 2.25. The SMILES string of the molecule is CC(C)CNCC(=O)Nc1ccc(C#CC#Cc2ccc(C(=O)N[C@H](C(=O)NO)[C@@H](C)O)cc2)cc1. The van der Waals surface area contributed by atoms with Crippen LogP contribution in [0.4, 0.5) is 5.69 Å². The first-order valence-electron chi connectivity index (χ1n) is 11.3. The van der Waals surface area contributed by atoms with Crippen molar-refractivity contribution in [3.63, 3.8) is 0 Å². The molecule has 2 aromatic rings. The van der Waals surface area contributed by atoms with E-state index in [1.54, 1.807) is 36.4 Å². The normalized spacial score (nSPS) is 11.7. The highest BCUT2D eigenvalue weighted by Crippen LogP contribution is 2.09. The summed E-state index contributed by atoms with van der Waals surface area (Å²) in [5.41, 5.74) is 3.72. The quantitative estimate of drug-likeness (QED) is 0.178. The van der Waals surface area contributed by atoms with Crippen molar-refractivity contribution in [2.24, 2.45) is 5.92 Å². The number of aliphatic hydroxyl groups excluding tert-OH is 1. The Morgan fingerprint density at radius 1 is 0.889 bits per heavy atom. The summed E-state index contributed by atoms with van der Waals surface area (Å²) in [6.07, 6.45) is -1.20. The second-order valence-corrected chi connectivity index (χ2v) is 8.40. The van der Waals surface area contributed by atoms with E-state index in [2.05, 4.69) is 53.5 Å². The van der Waals surface area contributed by atoms with Gasteiger partial charge in [-0.15, -0.1) is 0 Å². The monoisotopic (exact) mass is 490 g/mol. The number of carbonyl (C=O) groups excluding carboxylic acids is 3. The molecule has 0 fully saturated rings. The van der Waals surface area contributed by atoms with Gasteiger partial charge < -0.3 is 21.1 Å². The van der Waals surface area contributed by atoms with E-state index in [0.29, 0.717) is 17.2 Å². The van der Waals surface area contributed by atoms with E-state index in [9.17, 15) is 19.5 Å². The van der Waals surface area contributed by atoms with Crippen molar-refractivity contribution in [2.75, 3.05) is 18.4 Å². The van der Waals surface area contributed by atoms with Gasteiger partial charge in [0.25, 0.3) is 11.8 Å². The summed E-state index contributed by atoms with van der Waals surface area (Å²) in [6, 6.07) is 12.1. The number of hydrogen-bond donors (Lipinski definition) is 6. The fourth-order valence-corrected chi connectivity index (χ4v) is 2.93. The van der Waals surface area contributed by atoms with Crippen LogP contribution in [0.25, 0.3) is 0 Å². The van der Waals surface area contributed by atoms with Crippen molar-refractivity contribution in [1.82, 2.24) is 16.1 Å². The molecule has 0 unspecified atom stereocenters. The van der Waals surface area contributed by atoms with Gasteiger partial charge >= 0.3 is 0 Å². The molecule has 2 aromatic carbocycles.